The number of Topliss-reactive ketones (excluding diaryl/α,β-unsaturated/α-hetero) is 1. The lowest BCUT2D eigenvalue weighted by Gasteiger charge is -2.43. The molecule has 2 aromatic carbocycles. The highest BCUT2D eigenvalue weighted by molar-refractivity contribution is 6.31. The number of ketones is 1. The molecule has 192 valence electrons. The standard InChI is InChI=1S/C26H29ClN2O7/c1-17(30)28-22(15-18-10-12-19(31)13-11-18)24(33)35-16-36-25(34)29(2)26(14-6-5-9-23(26)32)20-7-3-4-8-21(20)27/h3-4,7-8,10-13,22,31H,5-6,9,14-16H2,1-2H3,(H,28,30)/t22-,26-/m0/s1. The Morgan fingerprint density at radius 2 is 1.81 bits per heavy atom. The number of hydrogen-bond donors (Lipinski definition) is 2. The summed E-state index contributed by atoms with van der Waals surface area (Å²) in [5.41, 5.74) is -0.0833. The molecule has 10 heteroatoms. The maximum Gasteiger partial charge on any atom is 0.413 e. The molecule has 1 aliphatic carbocycles. The zero-order chi connectivity index (χ0) is 26.3. The number of likely N-dealkylation sites (N-methyl/N-ethyl adjacent to an activating group) is 1. The first-order valence-electron chi connectivity index (χ1n) is 11.6. The molecule has 1 fully saturated rings. The summed E-state index contributed by atoms with van der Waals surface area (Å²) in [5, 5.41) is 12.3. The van der Waals surface area contributed by atoms with Crippen molar-refractivity contribution in [3.8, 4) is 5.75 Å². The van der Waals surface area contributed by atoms with Crippen LogP contribution in [0.3, 0.4) is 0 Å². The van der Waals surface area contributed by atoms with Gasteiger partial charge in [0.05, 0.1) is 0 Å². The topological polar surface area (TPSA) is 122 Å². The number of carbonyl (C=O) groups excluding carboxylic acids is 4. The first-order valence-corrected chi connectivity index (χ1v) is 11.9. The fraction of sp³-hybridized carbons (Fsp3) is 0.385. The van der Waals surface area contributed by atoms with E-state index in [0.717, 1.165) is 12.8 Å². The van der Waals surface area contributed by atoms with Gasteiger partial charge in [-0.05, 0) is 43.0 Å². The van der Waals surface area contributed by atoms with E-state index in [-0.39, 0.29) is 18.0 Å². The van der Waals surface area contributed by atoms with Crippen LogP contribution in [0, 0.1) is 0 Å². The van der Waals surface area contributed by atoms with Crippen molar-refractivity contribution in [2.24, 2.45) is 0 Å². The number of nitrogens with one attached hydrogen (secondary N) is 1. The molecule has 2 N–H and O–H groups in total. The lowest BCUT2D eigenvalue weighted by molar-refractivity contribution is -0.157. The minimum Gasteiger partial charge on any atom is -0.508 e. The molecular formula is C26H29ClN2O7. The minimum atomic E-state index is -1.28. The van der Waals surface area contributed by atoms with Crippen LogP contribution in [-0.2, 0) is 35.8 Å². The highest BCUT2D eigenvalue weighted by atomic mass is 35.5. The smallest absolute Gasteiger partial charge is 0.413 e. The molecule has 0 heterocycles. The van der Waals surface area contributed by atoms with Gasteiger partial charge >= 0.3 is 12.1 Å². The second kappa shape index (κ2) is 11.9. The van der Waals surface area contributed by atoms with Crippen LogP contribution in [0.5, 0.6) is 5.75 Å². The number of aromatic hydroxyl groups is 1. The van der Waals surface area contributed by atoms with E-state index in [0.29, 0.717) is 29.0 Å². The van der Waals surface area contributed by atoms with Gasteiger partial charge in [0, 0.05) is 37.4 Å². The molecule has 2 amide bonds. The van der Waals surface area contributed by atoms with Gasteiger partial charge in [0.25, 0.3) is 0 Å². The lowest BCUT2D eigenvalue weighted by Crippen LogP contribution is -2.54. The largest absolute Gasteiger partial charge is 0.508 e. The number of hydrogen-bond acceptors (Lipinski definition) is 7. The van der Waals surface area contributed by atoms with Crippen LogP contribution >= 0.6 is 11.6 Å². The molecule has 2 atom stereocenters. The van der Waals surface area contributed by atoms with Crippen molar-refractivity contribution in [3.05, 3.63) is 64.7 Å². The third-order valence-corrected chi connectivity index (χ3v) is 6.57. The van der Waals surface area contributed by atoms with Crippen molar-refractivity contribution < 1.29 is 33.8 Å². The Hall–Kier alpha value is -3.59. The Labute approximate surface area is 214 Å². The number of nitrogens with zero attached hydrogens (tertiary/aromatic N) is 1. The molecule has 0 bridgehead atoms. The first kappa shape index (κ1) is 27.0. The Bertz CT molecular complexity index is 1120. The maximum absolute atomic E-state index is 13.1. The number of halogens is 1. The number of benzene rings is 2. The summed E-state index contributed by atoms with van der Waals surface area (Å²) in [6.07, 6.45) is 1.38. The van der Waals surface area contributed by atoms with E-state index in [1.807, 2.05) is 0 Å². The molecular weight excluding hydrogens is 488 g/mol. The third-order valence-electron chi connectivity index (χ3n) is 6.24. The lowest BCUT2D eigenvalue weighted by atomic mass is 9.74. The third kappa shape index (κ3) is 6.15. The number of esters is 1. The van der Waals surface area contributed by atoms with Crippen LogP contribution < -0.4 is 5.32 Å². The average Bonchev–Trinajstić information content (AvgIpc) is 2.85. The van der Waals surface area contributed by atoms with Crippen LogP contribution in [-0.4, -0.2) is 53.6 Å². The van der Waals surface area contributed by atoms with Gasteiger partial charge in [0.2, 0.25) is 12.7 Å². The van der Waals surface area contributed by atoms with E-state index in [1.165, 1.54) is 31.0 Å². The first-order chi connectivity index (χ1) is 17.1. The van der Waals surface area contributed by atoms with E-state index in [9.17, 15) is 24.3 Å². The summed E-state index contributed by atoms with van der Waals surface area (Å²) in [6.45, 7) is 0.557. The monoisotopic (exact) mass is 516 g/mol. The molecule has 1 aliphatic rings. The highest BCUT2D eigenvalue weighted by Gasteiger charge is 2.48. The molecule has 9 nitrogen and oxygen atoms in total. The number of rotatable bonds is 8. The predicted molar refractivity (Wildman–Crippen MR) is 131 cm³/mol. The molecule has 0 unspecified atom stereocenters. The molecule has 0 saturated heterocycles. The highest BCUT2D eigenvalue weighted by Crippen LogP contribution is 2.42. The normalized spacial score (nSPS) is 18.1. The van der Waals surface area contributed by atoms with Crippen LogP contribution in [0.4, 0.5) is 4.79 Å². The number of phenols is 1. The molecule has 0 radical (unpaired) electrons. The molecule has 2 aromatic rings. The van der Waals surface area contributed by atoms with Crippen molar-refractivity contribution in [1.29, 1.82) is 0 Å². The number of amides is 2. The summed E-state index contributed by atoms with van der Waals surface area (Å²) < 4.78 is 10.3. The van der Waals surface area contributed by atoms with Gasteiger partial charge in [0.1, 0.15) is 17.3 Å². The fourth-order valence-electron chi connectivity index (χ4n) is 4.43. The van der Waals surface area contributed by atoms with Gasteiger partial charge < -0.3 is 19.9 Å². The Balaban J connectivity index is 1.67. The number of ether oxygens (including phenoxy) is 2. The van der Waals surface area contributed by atoms with Gasteiger partial charge in [-0.2, -0.15) is 0 Å². The van der Waals surface area contributed by atoms with E-state index < -0.39 is 36.3 Å². The molecule has 1 saturated carbocycles. The van der Waals surface area contributed by atoms with Gasteiger partial charge in [-0.1, -0.05) is 41.9 Å². The Kier molecular flexibility index (Phi) is 8.93. The average molecular weight is 517 g/mol. The molecule has 0 aliphatic heterocycles. The van der Waals surface area contributed by atoms with E-state index in [1.54, 1.807) is 36.4 Å². The molecule has 3 rings (SSSR count). The van der Waals surface area contributed by atoms with Gasteiger partial charge in [0.15, 0.2) is 5.78 Å². The summed E-state index contributed by atoms with van der Waals surface area (Å²) in [7, 11) is 1.46. The SMILES string of the molecule is CC(=O)N[C@@H](Cc1ccc(O)cc1)C(=O)OCOC(=O)N(C)[C@]1(c2ccccc2Cl)CCCCC1=O. The number of carbonyl (C=O) groups is 4. The Morgan fingerprint density at radius 3 is 2.44 bits per heavy atom. The van der Waals surface area contributed by atoms with Gasteiger partial charge in [-0.15, -0.1) is 0 Å². The van der Waals surface area contributed by atoms with Crippen molar-refractivity contribution in [2.75, 3.05) is 13.8 Å². The quantitative estimate of drug-likeness (QED) is 0.405. The second-order valence-corrected chi connectivity index (χ2v) is 9.05. The maximum atomic E-state index is 13.1. The number of phenolic OH excluding ortho intramolecular Hbond substituents is 1. The summed E-state index contributed by atoms with van der Waals surface area (Å²) in [6, 6.07) is 12.0. The van der Waals surface area contributed by atoms with Gasteiger partial charge in [-0.25, -0.2) is 9.59 Å². The molecule has 0 aromatic heterocycles. The summed E-state index contributed by atoms with van der Waals surface area (Å²) in [5.74, 6) is -1.31. The molecule has 36 heavy (non-hydrogen) atoms. The zero-order valence-electron chi connectivity index (χ0n) is 20.2. The minimum absolute atomic E-state index is 0.0689. The predicted octanol–water partition coefficient (Wildman–Crippen LogP) is 3.70. The van der Waals surface area contributed by atoms with Crippen LogP contribution in [0.2, 0.25) is 5.02 Å². The van der Waals surface area contributed by atoms with Gasteiger partial charge in [-0.3, -0.25) is 14.5 Å². The Morgan fingerprint density at radius 1 is 1.11 bits per heavy atom. The van der Waals surface area contributed by atoms with Crippen LogP contribution in [0.25, 0.3) is 0 Å². The zero-order valence-corrected chi connectivity index (χ0v) is 20.9. The summed E-state index contributed by atoms with van der Waals surface area (Å²) in [4.78, 5) is 51.5. The van der Waals surface area contributed by atoms with Crippen molar-refractivity contribution in [1.82, 2.24) is 10.2 Å². The van der Waals surface area contributed by atoms with Crippen LogP contribution in [0.15, 0.2) is 48.5 Å². The van der Waals surface area contributed by atoms with Crippen LogP contribution in [0.1, 0.15) is 43.7 Å². The van der Waals surface area contributed by atoms with E-state index in [4.69, 9.17) is 21.1 Å². The van der Waals surface area contributed by atoms with E-state index >= 15 is 0 Å². The summed E-state index contributed by atoms with van der Waals surface area (Å²) >= 11 is 6.41. The fourth-order valence-corrected chi connectivity index (χ4v) is 4.72. The van der Waals surface area contributed by atoms with Crippen molar-refractivity contribution >= 4 is 35.4 Å². The van der Waals surface area contributed by atoms with Crippen molar-refractivity contribution in [2.45, 2.75) is 50.6 Å². The second-order valence-electron chi connectivity index (χ2n) is 8.64. The molecule has 0 spiro atoms. The van der Waals surface area contributed by atoms with E-state index in [2.05, 4.69) is 5.32 Å². The van der Waals surface area contributed by atoms with Crippen molar-refractivity contribution in [3.63, 3.8) is 0 Å².